The fraction of sp³-hybridized carbons (Fsp3) is 0.429. The second-order valence-electron chi connectivity index (χ2n) is 5.03. The number of ether oxygens (including phenoxy) is 1. The van der Waals surface area contributed by atoms with Crippen molar-refractivity contribution >= 4 is 28.1 Å². The van der Waals surface area contributed by atoms with Crippen LogP contribution in [0.15, 0.2) is 22.7 Å². The van der Waals surface area contributed by atoms with E-state index in [1.165, 1.54) is 19.1 Å². The molecule has 0 spiro atoms. The molecular formula is C14H14BrF2NO3. The lowest BCUT2D eigenvalue weighted by Crippen LogP contribution is -2.65. The van der Waals surface area contributed by atoms with Gasteiger partial charge in [0.2, 0.25) is 5.91 Å². The summed E-state index contributed by atoms with van der Waals surface area (Å²) in [5.74, 6) is -1.15. The number of carbonyl (C=O) groups excluding carboxylic acids is 2. The van der Waals surface area contributed by atoms with E-state index in [1.807, 2.05) is 0 Å². The maximum absolute atomic E-state index is 15.1. The van der Waals surface area contributed by atoms with Crippen molar-refractivity contribution in [3.63, 3.8) is 0 Å². The van der Waals surface area contributed by atoms with Gasteiger partial charge in [0.15, 0.2) is 12.0 Å². The van der Waals surface area contributed by atoms with E-state index in [0.717, 1.165) is 6.07 Å². The zero-order valence-corrected chi connectivity index (χ0v) is 12.9. The number of nitrogens with one attached hydrogen (secondary N) is 1. The Hall–Kier alpha value is -1.34. The van der Waals surface area contributed by atoms with E-state index in [9.17, 15) is 14.0 Å². The lowest BCUT2D eigenvalue weighted by atomic mass is 9.73. The molecule has 4 nitrogen and oxygen atoms in total. The predicted molar refractivity (Wildman–Crippen MR) is 74.9 cm³/mol. The molecule has 1 N–H and O–H groups in total. The first-order valence-corrected chi connectivity index (χ1v) is 7.10. The number of halogens is 3. The third kappa shape index (κ3) is 2.85. The van der Waals surface area contributed by atoms with Crippen LogP contribution in [0, 0.1) is 5.82 Å². The van der Waals surface area contributed by atoms with Crippen LogP contribution < -0.4 is 5.32 Å². The SMILES string of the molecule is CC(=O)NC1(c2cc(F)cc(Br)c2)COCCC1(F)C=O. The van der Waals surface area contributed by atoms with Crippen LogP contribution >= 0.6 is 15.9 Å². The maximum Gasteiger partial charge on any atom is 0.217 e. The number of rotatable bonds is 3. The van der Waals surface area contributed by atoms with Crippen LogP contribution in [0.5, 0.6) is 0 Å². The first-order valence-electron chi connectivity index (χ1n) is 6.31. The molecule has 1 aromatic carbocycles. The smallest absolute Gasteiger partial charge is 0.217 e. The van der Waals surface area contributed by atoms with Crippen LogP contribution in [-0.4, -0.2) is 31.1 Å². The number of benzene rings is 1. The lowest BCUT2D eigenvalue weighted by Gasteiger charge is -2.46. The van der Waals surface area contributed by atoms with Gasteiger partial charge in [0.05, 0.1) is 13.2 Å². The molecule has 1 aromatic rings. The summed E-state index contributed by atoms with van der Waals surface area (Å²) < 4.78 is 34.4. The van der Waals surface area contributed by atoms with Crippen molar-refractivity contribution in [1.29, 1.82) is 0 Å². The second kappa shape index (κ2) is 5.81. The summed E-state index contributed by atoms with van der Waals surface area (Å²) in [6, 6.07) is 3.76. The van der Waals surface area contributed by atoms with Crippen molar-refractivity contribution in [3.05, 3.63) is 34.1 Å². The summed E-state index contributed by atoms with van der Waals surface area (Å²) in [6.07, 6.45) is -0.0603. The van der Waals surface area contributed by atoms with E-state index in [2.05, 4.69) is 21.2 Å². The van der Waals surface area contributed by atoms with Crippen LogP contribution in [0.2, 0.25) is 0 Å². The molecule has 2 unspecified atom stereocenters. The van der Waals surface area contributed by atoms with Crippen molar-refractivity contribution < 1.29 is 23.1 Å². The Labute approximate surface area is 129 Å². The quantitative estimate of drug-likeness (QED) is 0.840. The van der Waals surface area contributed by atoms with E-state index in [1.54, 1.807) is 0 Å². The largest absolute Gasteiger partial charge is 0.378 e. The van der Waals surface area contributed by atoms with Gasteiger partial charge in [-0.1, -0.05) is 15.9 Å². The zero-order chi connectivity index (χ0) is 15.7. The van der Waals surface area contributed by atoms with Gasteiger partial charge in [0.1, 0.15) is 11.4 Å². The molecule has 2 rings (SSSR count). The molecule has 1 saturated heterocycles. The maximum atomic E-state index is 15.1. The van der Waals surface area contributed by atoms with Crippen molar-refractivity contribution in [1.82, 2.24) is 5.32 Å². The predicted octanol–water partition coefficient (Wildman–Crippen LogP) is 2.25. The van der Waals surface area contributed by atoms with Crippen LogP contribution in [-0.2, 0) is 19.9 Å². The van der Waals surface area contributed by atoms with Gasteiger partial charge >= 0.3 is 0 Å². The topological polar surface area (TPSA) is 55.4 Å². The van der Waals surface area contributed by atoms with Crippen LogP contribution in [0.1, 0.15) is 18.9 Å². The highest BCUT2D eigenvalue weighted by Gasteiger charge is 2.57. The van der Waals surface area contributed by atoms with Gasteiger partial charge in [0, 0.05) is 17.8 Å². The molecule has 114 valence electrons. The molecule has 1 aliphatic rings. The third-order valence-corrected chi connectivity index (χ3v) is 4.03. The van der Waals surface area contributed by atoms with Crippen molar-refractivity contribution in [2.45, 2.75) is 24.6 Å². The summed E-state index contributed by atoms with van der Waals surface area (Å²) in [5.41, 5.74) is -3.98. The van der Waals surface area contributed by atoms with Crippen LogP contribution in [0.25, 0.3) is 0 Å². The van der Waals surface area contributed by atoms with Crippen molar-refractivity contribution in [2.75, 3.05) is 13.2 Å². The van der Waals surface area contributed by atoms with E-state index in [4.69, 9.17) is 4.74 Å². The zero-order valence-electron chi connectivity index (χ0n) is 11.3. The molecule has 0 aliphatic carbocycles. The Bertz CT molecular complexity index is 563. The Kier molecular flexibility index (Phi) is 4.43. The molecular weight excluding hydrogens is 348 g/mol. The average molecular weight is 362 g/mol. The molecule has 0 saturated carbocycles. The van der Waals surface area contributed by atoms with Crippen molar-refractivity contribution in [2.24, 2.45) is 0 Å². The minimum absolute atomic E-state index is 0.0487. The molecule has 7 heteroatoms. The highest BCUT2D eigenvalue weighted by molar-refractivity contribution is 9.10. The lowest BCUT2D eigenvalue weighted by molar-refractivity contribution is -0.145. The average Bonchev–Trinajstić information content (AvgIpc) is 2.40. The molecule has 1 aliphatic heterocycles. The fourth-order valence-electron chi connectivity index (χ4n) is 2.58. The molecule has 21 heavy (non-hydrogen) atoms. The van der Waals surface area contributed by atoms with Gasteiger partial charge in [-0.15, -0.1) is 0 Å². The first-order chi connectivity index (χ1) is 9.83. The minimum atomic E-state index is -2.37. The summed E-state index contributed by atoms with van der Waals surface area (Å²) in [7, 11) is 0. The van der Waals surface area contributed by atoms with Crippen LogP contribution in [0.4, 0.5) is 8.78 Å². The van der Waals surface area contributed by atoms with E-state index < -0.39 is 22.9 Å². The van der Waals surface area contributed by atoms with E-state index in [-0.39, 0.29) is 31.5 Å². The monoisotopic (exact) mass is 361 g/mol. The highest BCUT2D eigenvalue weighted by Crippen LogP contribution is 2.41. The molecule has 1 amide bonds. The molecule has 0 aromatic heterocycles. The van der Waals surface area contributed by atoms with Gasteiger partial charge < -0.3 is 10.1 Å². The minimum Gasteiger partial charge on any atom is -0.378 e. The number of hydrogen-bond donors (Lipinski definition) is 1. The summed E-state index contributed by atoms with van der Waals surface area (Å²) in [5, 5.41) is 2.45. The Morgan fingerprint density at radius 1 is 1.48 bits per heavy atom. The van der Waals surface area contributed by atoms with Gasteiger partial charge in [-0.05, 0) is 23.8 Å². The molecule has 0 radical (unpaired) electrons. The van der Waals surface area contributed by atoms with E-state index in [0.29, 0.717) is 4.47 Å². The number of carbonyl (C=O) groups is 2. The number of amides is 1. The Balaban J connectivity index is 2.65. The van der Waals surface area contributed by atoms with E-state index >= 15 is 4.39 Å². The normalized spacial score (nSPS) is 29.0. The Morgan fingerprint density at radius 3 is 2.76 bits per heavy atom. The number of hydrogen-bond acceptors (Lipinski definition) is 3. The third-order valence-electron chi connectivity index (χ3n) is 3.57. The summed E-state index contributed by atoms with van der Waals surface area (Å²) >= 11 is 3.13. The second-order valence-corrected chi connectivity index (χ2v) is 5.94. The summed E-state index contributed by atoms with van der Waals surface area (Å²) in [4.78, 5) is 22.8. The van der Waals surface area contributed by atoms with Gasteiger partial charge in [0.25, 0.3) is 0 Å². The van der Waals surface area contributed by atoms with Gasteiger partial charge in [-0.25, -0.2) is 8.78 Å². The molecule has 0 bridgehead atoms. The van der Waals surface area contributed by atoms with Crippen LogP contribution in [0.3, 0.4) is 0 Å². The van der Waals surface area contributed by atoms with Gasteiger partial charge in [-0.3, -0.25) is 9.59 Å². The molecule has 2 atom stereocenters. The molecule has 1 heterocycles. The fourth-order valence-corrected chi connectivity index (χ4v) is 3.04. The highest BCUT2D eigenvalue weighted by atomic mass is 79.9. The first kappa shape index (κ1) is 16.0. The van der Waals surface area contributed by atoms with Crippen molar-refractivity contribution in [3.8, 4) is 0 Å². The Morgan fingerprint density at radius 2 is 2.19 bits per heavy atom. The summed E-state index contributed by atoms with van der Waals surface area (Å²) in [6.45, 7) is 1.00. The number of aldehydes is 1. The standard InChI is InChI=1S/C14H14BrF2NO3/c1-9(20)18-14(8-21-3-2-13(14,17)7-19)10-4-11(15)6-12(16)5-10/h4-7H,2-3,8H2,1H3,(H,18,20). The van der Waals surface area contributed by atoms with Gasteiger partial charge in [-0.2, -0.15) is 0 Å². The molecule has 1 fully saturated rings. The number of alkyl halides is 1.